The van der Waals surface area contributed by atoms with Crippen LogP contribution in [-0.2, 0) is 13.0 Å². The highest BCUT2D eigenvalue weighted by Crippen LogP contribution is 2.38. The summed E-state index contributed by atoms with van der Waals surface area (Å²) in [4.78, 5) is 4.32. The molecule has 0 atom stereocenters. The molecule has 2 N–H and O–H groups in total. The highest BCUT2D eigenvalue weighted by molar-refractivity contribution is 14.0. The van der Waals surface area contributed by atoms with Crippen molar-refractivity contribution in [1.82, 2.24) is 10.6 Å². The van der Waals surface area contributed by atoms with E-state index in [4.69, 9.17) is 14.2 Å². The third kappa shape index (κ3) is 6.68. The molecular weight excluding hydrogens is 493 g/mol. The quantitative estimate of drug-likeness (QED) is 0.307. The Hall–Kier alpha value is -2.16. The van der Waals surface area contributed by atoms with Crippen LogP contribution in [0.5, 0.6) is 17.2 Å². The van der Waals surface area contributed by atoms with Gasteiger partial charge in [0.05, 0.1) is 21.3 Å². The molecule has 2 rings (SSSR count). The van der Waals surface area contributed by atoms with E-state index < -0.39 is 0 Å². The van der Waals surface area contributed by atoms with E-state index in [1.54, 1.807) is 28.4 Å². The molecule has 30 heavy (non-hydrogen) atoms. The van der Waals surface area contributed by atoms with Gasteiger partial charge in [0.25, 0.3) is 0 Å². The van der Waals surface area contributed by atoms with E-state index in [0.717, 1.165) is 24.5 Å². The molecular formula is C23H34IN3O3. The molecule has 166 valence electrons. The van der Waals surface area contributed by atoms with Gasteiger partial charge in [-0.3, -0.25) is 4.99 Å². The zero-order chi connectivity index (χ0) is 21.4. The van der Waals surface area contributed by atoms with Crippen molar-refractivity contribution in [2.24, 2.45) is 4.99 Å². The lowest BCUT2D eigenvalue weighted by Crippen LogP contribution is -2.38. The topological polar surface area (TPSA) is 64.1 Å². The van der Waals surface area contributed by atoms with Crippen LogP contribution in [0.3, 0.4) is 0 Å². The van der Waals surface area contributed by atoms with Crippen molar-refractivity contribution in [1.29, 1.82) is 0 Å². The van der Waals surface area contributed by atoms with Crippen LogP contribution in [0.25, 0.3) is 0 Å². The first kappa shape index (κ1) is 25.9. The molecule has 0 heterocycles. The number of hydrogen-bond donors (Lipinski definition) is 2. The number of hydrogen-bond acceptors (Lipinski definition) is 4. The lowest BCUT2D eigenvalue weighted by atomic mass is 9.97. The SMILES string of the molecule is CN=C(NCCc1c(C)cc(C)cc1C)NCc1cc(OC)c(OC)c(OC)c1.I. The van der Waals surface area contributed by atoms with Gasteiger partial charge < -0.3 is 24.8 Å². The predicted octanol–water partition coefficient (Wildman–Crippen LogP) is 4.16. The highest BCUT2D eigenvalue weighted by atomic mass is 127. The van der Waals surface area contributed by atoms with E-state index in [1.165, 1.54) is 22.3 Å². The molecule has 0 aliphatic rings. The number of nitrogens with zero attached hydrogens (tertiary/aromatic N) is 1. The minimum atomic E-state index is 0. The number of nitrogens with one attached hydrogen (secondary N) is 2. The van der Waals surface area contributed by atoms with Crippen LogP contribution in [0.2, 0.25) is 0 Å². The van der Waals surface area contributed by atoms with Crippen molar-refractivity contribution < 1.29 is 14.2 Å². The molecule has 0 bridgehead atoms. The van der Waals surface area contributed by atoms with E-state index in [9.17, 15) is 0 Å². The minimum Gasteiger partial charge on any atom is -0.493 e. The van der Waals surface area contributed by atoms with E-state index in [-0.39, 0.29) is 24.0 Å². The van der Waals surface area contributed by atoms with E-state index in [2.05, 4.69) is 48.5 Å². The largest absolute Gasteiger partial charge is 0.493 e. The normalized spacial score (nSPS) is 10.8. The number of benzene rings is 2. The number of halogens is 1. The first-order chi connectivity index (χ1) is 13.9. The number of rotatable bonds is 8. The first-order valence-electron chi connectivity index (χ1n) is 9.73. The fourth-order valence-electron chi connectivity index (χ4n) is 3.55. The molecule has 2 aromatic carbocycles. The van der Waals surface area contributed by atoms with Crippen molar-refractivity contribution in [3.63, 3.8) is 0 Å². The van der Waals surface area contributed by atoms with Gasteiger partial charge in [0.2, 0.25) is 5.75 Å². The zero-order valence-electron chi connectivity index (χ0n) is 19.0. The molecule has 0 saturated heterocycles. The summed E-state index contributed by atoms with van der Waals surface area (Å²) in [6.07, 6.45) is 0.947. The summed E-state index contributed by atoms with van der Waals surface area (Å²) in [5, 5.41) is 6.73. The van der Waals surface area contributed by atoms with Crippen LogP contribution in [-0.4, -0.2) is 40.9 Å². The molecule has 0 amide bonds. The van der Waals surface area contributed by atoms with Gasteiger partial charge in [-0.15, -0.1) is 24.0 Å². The van der Waals surface area contributed by atoms with E-state index in [1.807, 2.05) is 12.1 Å². The maximum atomic E-state index is 5.42. The van der Waals surface area contributed by atoms with Crippen LogP contribution in [0.1, 0.15) is 27.8 Å². The Kier molecular flexibility index (Phi) is 10.8. The zero-order valence-corrected chi connectivity index (χ0v) is 21.3. The van der Waals surface area contributed by atoms with Gasteiger partial charge in [-0.2, -0.15) is 0 Å². The molecule has 0 aromatic heterocycles. The smallest absolute Gasteiger partial charge is 0.203 e. The lowest BCUT2D eigenvalue weighted by molar-refractivity contribution is 0.323. The van der Waals surface area contributed by atoms with E-state index in [0.29, 0.717) is 23.8 Å². The second kappa shape index (κ2) is 12.5. The van der Waals surface area contributed by atoms with Gasteiger partial charge >= 0.3 is 0 Å². The number of aryl methyl sites for hydroxylation is 3. The third-order valence-corrected chi connectivity index (χ3v) is 4.92. The third-order valence-electron chi connectivity index (χ3n) is 4.92. The monoisotopic (exact) mass is 527 g/mol. The molecule has 0 aliphatic heterocycles. The number of ether oxygens (including phenoxy) is 3. The Labute approximate surface area is 197 Å². The van der Waals surface area contributed by atoms with Crippen molar-refractivity contribution >= 4 is 29.9 Å². The molecule has 0 spiro atoms. The van der Waals surface area contributed by atoms with Gasteiger partial charge in [0.1, 0.15) is 0 Å². The number of guanidine groups is 1. The minimum absolute atomic E-state index is 0. The molecule has 0 fully saturated rings. The van der Waals surface area contributed by atoms with Crippen molar-refractivity contribution in [3.05, 3.63) is 52.1 Å². The summed E-state index contributed by atoms with van der Waals surface area (Å²) in [7, 11) is 6.60. The maximum absolute atomic E-state index is 5.42. The molecule has 7 heteroatoms. The van der Waals surface area contributed by atoms with Crippen LogP contribution in [0.4, 0.5) is 0 Å². The molecule has 0 radical (unpaired) electrons. The fourth-order valence-corrected chi connectivity index (χ4v) is 3.55. The molecule has 0 saturated carbocycles. The average molecular weight is 527 g/mol. The summed E-state index contributed by atoms with van der Waals surface area (Å²) in [5.41, 5.74) is 6.38. The van der Waals surface area contributed by atoms with Gasteiger partial charge in [-0.1, -0.05) is 17.7 Å². The average Bonchev–Trinajstić information content (AvgIpc) is 2.71. The van der Waals surface area contributed by atoms with Crippen LogP contribution in [0, 0.1) is 20.8 Å². The second-order valence-corrected chi connectivity index (χ2v) is 7.01. The Morgan fingerprint density at radius 1 is 0.867 bits per heavy atom. The fraction of sp³-hybridized carbons (Fsp3) is 0.435. The van der Waals surface area contributed by atoms with Gasteiger partial charge in [-0.25, -0.2) is 0 Å². The van der Waals surface area contributed by atoms with Gasteiger partial charge in [-0.05, 0) is 61.6 Å². The maximum Gasteiger partial charge on any atom is 0.203 e. The Morgan fingerprint density at radius 2 is 1.43 bits per heavy atom. The highest BCUT2D eigenvalue weighted by Gasteiger charge is 2.13. The second-order valence-electron chi connectivity index (χ2n) is 7.01. The Balaban J connectivity index is 0.00000450. The molecule has 6 nitrogen and oxygen atoms in total. The summed E-state index contributed by atoms with van der Waals surface area (Å²) < 4.78 is 16.2. The number of methoxy groups -OCH3 is 3. The Morgan fingerprint density at radius 3 is 1.90 bits per heavy atom. The van der Waals surface area contributed by atoms with Crippen molar-refractivity contribution in [3.8, 4) is 17.2 Å². The molecule has 0 aliphatic carbocycles. The lowest BCUT2D eigenvalue weighted by Gasteiger charge is -2.16. The van der Waals surface area contributed by atoms with Crippen LogP contribution in [0.15, 0.2) is 29.3 Å². The molecule has 0 unspecified atom stereocenters. The summed E-state index contributed by atoms with van der Waals surface area (Å²) in [6, 6.07) is 8.33. The van der Waals surface area contributed by atoms with Gasteiger partial charge in [0.15, 0.2) is 17.5 Å². The standard InChI is InChI=1S/C23H33N3O3.HI/c1-15-10-16(2)19(17(3)11-15)8-9-25-23(24-4)26-14-18-12-20(27-5)22(29-7)21(13-18)28-6;/h10-13H,8-9,14H2,1-7H3,(H2,24,25,26);1H. The first-order valence-corrected chi connectivity index (χ1v) is 9.73. The van der Waals surface area contributed by atoms with Gasteiger partial charge in [0, 0.05) is 20.1 Å². The predicted molar refractivity (Wildman–Crippen MR) is 134 cm³/mol. The summed E-state index contributed by atoms with van der Waals surface area (Å²) in [6.45, 7) is 7.87. The van der Waals surface area contributed by atoms with Crippen LogP contribution < -0.4 is 24.8 Å². The van der Waals surface area contributed by atoms with Crippen LogP contribution >= 0.6 is 24.0 Å². The molecule has 2 aromatic rings. The van der Waals surface area contributed by atoms with E-state index >= 15 is 0 Å². The van der Waals surface area contributed by atoms with Crippen molar-refractivity contribution in [2.45, 2.75) is 33.7 Å². The number of aliphatic imine (C=N–C) groups is 1. The summed E-state index contributed by atoms with van der Waals surface area (Å²) >= 11 is 0. The summed E-state index contributed by atoms with van der Waals surface area (Å²) in [5.74, 6) is 2.61. The van der Waals surface area contributed by atoms with Crippen molar-refractivity contribution in [2.75, 3.05) is 34.9 Å². The Bertz CT molecular complexity index is 821.